The normalized spacial score (nSPS) is 11.5. The lowest BCUT2D eigenvalue weighted by Gasteiger charge is -2.10. The second kappa shape index (κ2) is 5.59. The van der Waals surface area contributed by atoms with E-state index in [1.165, 1.54) is 12.1 Å². The van der Waals surface area contributed by atoms with Gasteiger partial charge >= 0.3 is 6.18 Å². The maximum atomic E-state index is 12.6. The summed E-state index contributed by atoms with van der Waals surface area (Å²) < 4.78 is 39.3. The zero-order chi connectivity index (χ0) is 15.6. The summed E-state index contributed by atoms with van der Waals surface area (Å²) >= 11 is 0. The predicted molar refractivity (Wildman–Crippen MR) is 71.7 cm³/mol. The summed E-state index contributed by atoms with van der Waals surface area (Å²) in [6.45, 7) is 1.80. The zero-order valence-electron chi connectivity index (χ0n) is 11.5. The van der Waals surface area contributed by atoms with Crippen molar-refractivity contribution in [1.82, 2.24) is 9.78 Å². The molecule has 0 saturated heterocycles. The maximum Gasteiger partial charge on any atom is 0.416 e. The molecule has 0 unspecified atom stereocenters. The van der Waals surface area contributed by atoms with Crippen LogP contribution in [0.3, 0.4) is 0 Å². The van der Waals surface area contributed by atoms with E-state index in [4.69, 9.17) is 0 Å². The SMILES string of the molecule is Cc1cc(CC(=O)Nc2cccc(C(F)(F)F)c2)n(C)n1. The number of anilines is 1. The van der Waals surface area contributed by atoms with Crippen LogP contribution in [0.25, 0.3) is 0 Å². The Balaban J connectivity index is 2.08. The Morgan fingerprint density at radius 3 is 2.62 bits per heavy atom. The molecule has 0 fully saturated rings. The van der Waals surface area contributed by atoms with Crippen LogP contribution in [0, 0.1) is 6.92 Å². The summed E-state index contributed by atoms with van der Waals surface area (Å²) in [6, 6.07) is 6.30. The summed E-state index contributed by atoms with van der Waals surface area (Å²) in [4.78, 5) is 11.9. The van der Waals surface area contributed by atoms with Gasteiger partial charge in [-0.3, -0.25) is 9.48 Å². The number of nitrogens with zero attached hydrogens (tertiary/aromatic N) is 2. The highest BCUT2D eigenvalue weighted by molar-refractivity contribution is 5.92. The molecule has 0 aliphatic carbocycles. The number of carbonyl (C=O) groups excluding carboxylic acids is 1. The van der Waals surface area contributed by atoms with Crippen LogP contribution >= 0.6 is 0 Å². The topological polar surface area (TPSA) is 46.9 Å². The van der Waals surface area contributed by atoms with Gasteiger partial charge in [0.15, 0.2) is 0 Å². The first-order valence-corrected chi connectivity index (χ1v) is 6.22. The quantitative estimate of drug-likeness (QED) is 0.947. The molecule has 1 aromatic heterocycles. The van der Waals surface area contributed by atoms with Gasteiger partial charge in [0.25, 0.3) is 0 Å². The molecule has 2 rings (SSSR count). The molecule has 1 amide bonds. The summed E-state index contributed by atoms with van der Waals surface area (Å²) in [6.07, 6.45) is -4.38. The van der Waals surface area contributed by atoms with Crippen molar-refractivity contribution in [2.45, 2.75) is 19.5 Å². The third kappa shape index (κ3) is 3.84. The monoisotopic (exact) mass is 297 g/mol. The summed E-state index contributed by atoms with van der Waals surface area (Å²) in [5.41, 5.74) is 0.793. The van der Waals surface area contributed by atoms with E-state index in [0.717, 1.165) is 17.8 Å². The van der Waals surface area contributed by atoms with Crippen LogP contribution in [0.2, 0.25) is 0 Å². The minimum atomic E-state index is -4.43. The number of aryl methyl sites for hydroxylation is 2. The second-order valence-electron chi connectivity index (χ2n) is 4.70. The molecular formula is C14H14F3N3O. The van der Waals surface area contributed by atoms with Crippen molar-refractivity contribution in [1.29, 1.82) is 0 Å². The molecule has 1 heterocycles. The number of hydrogen-bond donors (Lipinski definition) is 1. The molecule has 1 aromatic carbocycles. The smallest absolute Gasteiger partial charge is 0.326 e. The minimum Gasteiger partial charge on any atom is -0.326 e. The molecule has 1 N–H and O–H groups in total. The van der Waals surface area contributed by atoms with Crippen molar-refractivity contribution in [3.05, 3.63) is 47.3 Å². The fraction of sp³-hybridized carbons (Fsp3) is 0.286. The van der Waals surface area contributed by atoms with Crippen LogP contribution in [0.5, 0.6) is 0 Å². The third-order valence-corrected chi connectivity index (χ3v) is 2.91. The lowest BCUT2D eigenvalue weighted by molar-refractivity contribution is -0.137. The Hall–Kier alpha value is -2.31. The van der Waals surface area contributed by atoms with Crippen molar-refractivity contribution in [3.8, 4) is 0 Å². The van der Waals surface area contributed by atoms with Crippen molar-refractivity contribution in [2.24, 2.45) is 7.05 Å². The predicted octanol–water partition coefficient (Wildman–Crippen LogP) is 2.93. The highest BCUT2D eigenvalue weighted by atomic mass is 19.4. The number of carbonyl (C=O) groups is 1. The Morgan fingerprint density at radius 1 is 1.33 bits per heavy atom. The molecule has 0 spiro atoms. The van der Waals surface area contributed by atoms with Gasteiger partial charge in [-0.15, -0.1) is 0 Å². The van der Waals surface area contributed by atoms with Crippen LogP contribution < -0.4 is 5.32 Å². The van der Waals surface area contributed by atoms with E-state index >= 15 is 0 Å². The molecule has 0 radical (unpaired) electrons. The first kappa shape index (κ1) is 15.1. The van der Waals surface area contributed by atoms with Gasteiger partial charge in [0.1, 0.15) is 0 Å². The van der Waals surface area contributed by atoms with Gasteiger partial charge < -0.3 is 5.32 Å². The lowest BCUT2D eigenvalue weighted by atomic mass is 10.2. The molecule has 7 heteroatoms. The Bertz CT molecular complexity index is 662. The van der Waals surface area contributed by atoms with Crippen molar-refractivity contribution < 1.29 is 18.0 Å². The Labute approximate surface area is 119 Å². The molecular weight excluding hydrogens is 283 g/mol. The number of amides is 1. The fourth-order valence-corrected chi connectivity index (χ4v) is 1.97. The van der Waals surface area contributed by atoms with Crippen LogP contribution in [0.4, 0.5) is 18.9 Å². The molecule has 0 bridgehead atoms. The summed E-state index contributed by atoms with van der Waals surface area (Å²) in [5, 5.41) is 6.56. The van der Waals surface area contributed by atoms with Crippen LogP contribution in [0.1, 0.15) is 17.0 Å². The number of alkyl halides is 3. The number of rotatable bonds is 3. The largest absolute Gasteiger partial charge is 0.416 e. The molecule has 21 heavy (non-hydrogen) atoms. The Morgan fingerprint density at radius 2 is 2.05 bits per heavy atom. The standard InChI is InChI=1S/C14H14F3N3O/c1-9-6-12(20(2)19-9)8-13(21)18-11-5-3-4-10(7-11)14(15,16)17/h3-7H,8H2,1-2H3,(H,18,21). The van der Waals surface area contributed by atoms with Crippen LogP contribution in [-0.2, 0) is 24.4 Å². The second-order valence-corrected chi connectivity index (χ2v) is 4.70. The number of hydrogen-bond acceptors (Lipinski definition) is 2. The highest BCUT2D eigenvalue weighted by Gasteiger charge is 2.30. The molecule has 2 aromatic rings. The maximum absolute atomic E-state index is 12.6. The van der Waals surface area contributed by atoms with Crippen molar-refractivity contribution in [3.63, 3.8) is 0 Å². The number of nitrogens with one attached hydrogen (secondary N) is 1. The van der Waals surface area contributed by atoms with Gasteiger partial charge in [0.2, 0.25) is 5.91 Å². The van der Waals surface area contributed by atoms with Crippen LogP contribution in [0.15, 0.2) is 30.3 Å². The zero-order valence-corrected chi connectivity index (χ0v) is 11.5. The van der Waals surface area contributed by atoms with Gasteiger partial charge in [-0.25, -0.2) is 0 Å². The summed E-state index contributed by atoms with van der Waals surface area (Å²) in [5.74, 6) is -0.391. The third-order valence-electron chi connectivity index (χ3n) is 2.91. The number of benzene rings is 1. The Kier molecular flexibility index (Phi) is 4.02. The molecule has 0 aliphatic heterocycles. The molecule has 0 aliphatic rings. The van der Waals surface area contributed by atoms with E-state index in [1.807, 2.05) is 0 Å². The fourth-order valence-electron chi connectivity index (χ4n) is 1.97. The van der Waals surface area contributed by atoms with Gasteiger partial charge in [0.05, 0.1) is 17.7 Å². The highest BCUT2D eigenvalue weighted by Crippen LogP contribution is 2.30. The van der Waals surface area contributed by atoms with Gasteiger partial charge in [-0.2, -0.15) is 18.3 Å². The average molecular weight is 297 g/mol. The molecule has 4 nitrogen and oxygen atoms in total. The van der Waals surface area contributed by atoms with E-state index in [9.17, 15) is 18.0 Å². The first-order chi connectivity index (χ1) is 9.75. The molecule has 0 saturated carbocycles. The van der Waals surface area contributed by atoms with E-state index < -0.39 is 17.6 Å². The lowest BCUT2D eigenvalue weighted by Crippen LogP contribution is -2.17. The van der Waals surface area contributed by atoms with E-state index in [-0.39, 0.29) is 12.1 Å². The van der Waals surface area contributed by atoms with E-state index in [2.05, 4.69) is 10.4 Å². The number of aromatic nitrogens is 2. The number of halogens is 3. The average Bonchev–Trinajstić information content (AvgIpc) is 2.67. The van der Waals surface area contributed by atoms with Crippen molar-refractivity contribution in [2.75, 3.05) is 5.32 Å². The van der Waals surface area contributed by atoms with Gasteiger partial charge in [-0.1, -0.05) is 6.07 Å². The van der Waals surface area contributed by atoms with E-state index in [1.54, 1.807) is 24.7 Å². The van der Waals surface area contributed by atoms with Crippen LogP contribution in [-0.4, -0.2) is 15.7 Å². The van der Waals surface area contributed by atoms with Crippen molar-refractivity contribution >= 4 is 11.6 Å². The summed E-state index contributed by atoms with van der Waals surface area (Å²) in [7, 11) is 1.71. The molecule has 112 valence electrons. The van der Waals surface area contributed by atoms with Gasteiger partial charge in [-0.05, 0) is 31.2 Å². The van der Waals surface area contributed by atoms with E-state index in [0.29, 0.717) is 5.69 Å². The molecule has 0 atom stereocenters. The van der Waals surface area contributed by atoms with Gasteiger partial charge in [0, 0.05) is 18.4 Å². The minimum absolute atomic E-state index is 0.0492. The first-order valence-electron chi connectivity index (χ1n) is 6.22.